The van der Waals surface area contributed by atoms with Gasteiger partial charge in [-0.3, -0.25) is 0 Å². The standard InChI is InChI=1S/C51H34N6/c1-4-12-32(13-5-1)47-41-23-22-37(54-41)29-38-30-40(36-19-10-18-35(28-36)39-20-11-21-46-50(39)53-31-52-46)51(55-38)49(34-16-8-3-9-17-34)45-27-26-44(57-45)48(33-14-6-2-7-15-33)43-25-24-42(47)56-43/h1-31,55-56H,(H,52,53). The molecule has 0 aliphatic carbocycles. The molecule has 2 aliphatic heterocycles. The highest BCUT2D eigenvalue weighted by atomic mass is 14.9. The van der Waals surface area contributed by atoms with E-state index in [0.717, 1.165) is 112 Å². The molecule has 8 bridgehead atoms. The van der Waals surface area contributed by atoms with Gasteiger partial charge in [0.25, 0.3) is 0 Å². The molecule has 3 N–H and O–H groups in total. The predicted octanol–water partition coefficient (Wildman–Crippen LogP) is 12.9. The molecule has 6 nitrogen and oxygen atoms in total. The summed E-state index contributed by atoms with van der Waals surface area (Å²) in [7, 11) is 0. The maximum atomic E-state index is 5.48. The molecule has 57 heavy (non-hydrogen) atoms. The zero-order chi connectivity index (χ0) is 37.7. The Morgan fingerprint density at radius 1 is 0.386 bits per heavy atom. The van der Waals surface area contributed by atoms with Crippen molar-refractivity contribution in [3.63, 3.8) is 0 Å². The van der Waals surface area contributed by atoms with E-state index in [0.29, 0.717) is 0 Å². The van der Waals surface area contributed by atoms with E-state index in [-0.39, 0.29) is 0 Å². The lowest BCUT2D eigenvalue weighted by atomic mass is 9.96. The zero-order valence-corrected chi connectivity index (χ0v) is 30.7. The number of hydrogen-bond acceptors (Lipinski definition) is 3. The van der Waals surface area contributed by atoms with Crippen molar-refractivity contribution in [3.8, 4) is 55.6 Å². The highest BCUT2D eigenvalue weighted by Crippen LogP contribution is 2.40. The Bertz CT molecular complexity index is 3220. The van der Waals surface area contributed by atoms with E-state index in [4.69, 9.17) is 9.97 Å². The van der Waals surface area contributed by atoms with Crippen LogP contribution in [0.5, 0.6) is 0 Å². The minimum atomic E-state index is 0.864. The fraction of sp³-hybridized carbons (Fsp3) is 0. The van der Waals surface area contributed by atoms with Crippen molar-refractivity contribution >= 4 is 57.4 Å². The molecule has 0 amide bonds. The lowest BCUT2D eigenvalue weighted by molar-refractivity contribution is 1.31. The second-order valence-electron chi connectivity index (χ2n) is 14.3. The van der Waals surface area contributed by atoms with Gasteiger partial charge in [0, 0.05) is 44.4 Å². The van der Waals surface area contributed by atoms with Gasteiger partial charge in [0.1, 0.15) is 0 Å². The number of para-hydroxylation sites is 1. The molecule has 6 heteroatoms. The topological polar surface area (TPSA) is 86.0 Å². The highest BCUT2D eigenvalue weighted by molar-refractivity contribution is 6.02. The number of benzene rings is 5. The number of H-pyrrole nitrogens is 3. The summed E-state index contributed by atoms with van der Waals surface area (Å²) in [5.41, 5.74) is 20.0. The van der Waals surface area contributed by atoms with Crippen LogP contribution in [0.25, 0.3) is 113 Å². The van der Waals surface area contributed by atoms with Gasteiger partial charge in [-0.05, 0) is 88.5 Å². The van der Waals surface area contributed by atoms with Crippen LogP contribution in [0, 0.1) is 0 Å². The van der Waals surface area contributed by atoms with Crippen LogP contribution in [-0.4, -0.2) is 29.9 Å². The first-order chi connectivity index (χ1) is 28.2. The van der Waals surface area contributed by atoms with Gasteiger partial charge in [0.05, 0.1) is 45.7 Å². The van der Waals surface area contributed by atoms with E-state index in [1.807, 2.05) is 12.1 Å². The summed E-state index contributed by atoms with van der Waals surface area (Å²) < 4.78 is 0. The van der Waals surface area contributed by atoms with Gasteiger partial charge in [0.15, 0.2) is 0 Å². The minimum absolute atomic E-state index is 0.864. The third-order valence-corrected chi connectivity index (χ3v) is 10.8. The van der Waals surface area contributed by atoms with Crippen molar-refractivity contribution in [3.05, 3.63) is 187 Å². The Hall–Kier alpha value is -7.83. The van der Waals surface area contributed by atoms with Gasteiger partial charge in [-0.25, -0.2) is 15.0 Å². The average molecular weight is 731 g/mol. The molecule has 4 aromatic heterocycles. The number of fused-ring (bicyclic) bond motifs is 9. The highest BCUT2D eigenvalue weighted by Gasteiger charge is 2.19. The molecular weight excluding hydrogens is 697 g/mol. The predicted molar refractivity (Wildman–Crippen MR) is 236 cm³/mol. The number of nitrogens with zero attached hydrogens (tertiary/aromatic N) is 3. The Morgan fingerprint density at radius 2 is 0.947 bits per heavy atom. The van der Waals surface area contributed by atoms with Crippen LogP contribution in [0.3, 0.4) is 0 Å². The molecule has 268 valence electrons. The Morgan fingerprint density at radius 3 is 1.63 bits per heavy atom. The Kier molecular flexibility index (Phi) is 7.71. The quantitative estimate of drug-likeness (QED) is 0.165. The van der Waals surface area contributed by atoms with Crippen LogP contribution >= 0.6 is 0 Å². The van der Waals surface area contributed by atoms with Gasteiger partial charge < -0.3 is 15.0 Å². The molecule has 0 spiro atoms. The summed E-state index contributed by atoms with van der Waals surface area (Å²) in [4.78, 5) is 26.3. The molecular formula is C51H34N6. The first-order valence-electron chi connectivity index (χ1n) is 19.1. The number of aromatic nitrogens is 6. The third-order valence-electron chi connectivity index (χ3n) is 10.8. The molecule has 0 atom stereocenters. The van der Waals surface area contributed by atoms with Gasteiger partial charge in [-0.15, -0.1) is 0 Å². The smallest absolute Gasteiger partial charge is 0.0932 e. The second-order valence-corrected chi connectivity index (χ2v) is 14.3. The van der Waals surface area contributed by atoms with Gasteiger partial charge in [-0.1, -0.05) is 121 Å². The van der Waals surface area contributed by atoms with Crippen molar-refractivity contribution in [1.29, 1.82) is 0 Å². The number of nitrogens with one attached hydrogen (secondary N) is 3. The molecule has 0 radical (unpaired) electrons. The van der Waals surface area contributed by atoms with Crippen molar-refractivity contribution in [2.75, 3.05) is 0 Å². The van der Waals surface area contributed by atoms with Crippen molar-refractivity contribution in [1.82, 2.24) is 29.9 Å². The second kappa shape index (κ2) is 13.5. The number of rotatable bonds is 5. The molecule has 2 aliphatic rings. The normalized spacial score (nSPS) is 12.1. The van der Waals surface area contributed by atoms with Gasteiger partial charge in [-0.2, -0.15) is 0 Å². The largest absolute Gasteiger partial charge is 0.354 e. The first-order valence-corrected chi connectivity index (χ1v) is 19.1. The van der Waals surface area contributed by atoms with Gasteiger partial charge >= 0.3 is 0 Å². The van der Waals surface area contributed by atoms with E-state index < -0.39 is 0 Å². The van der Waals surface area contributed by atoms with Crippen LogP contribution in [-0.2, 0) is 0 Å². The SMILES string of the molecule is C1=Cc2nc1cc1cc(-c3cccc(-c4cccc5nc[nH]c45)c3)c([nH]1)c(-c1ccccc1)c1nc(c(-c3ccccc3)c3ccc([nH]3)c2-c2ccccc2)C=C1. The van der Waals surface area contributed by atoms with Gasteiger partial charge in [0.2, 0.25) is 0 Å². The Balaban J connectivity index is 1.27. The third kappa shape index (κ3) is 5.79. The van der Waals surface area contributed by atoms with Crippen molar-refractivity contribution in [2.24, 2.45) is 0 Å². The summed E-state index contributed by atoms with van der Waals surface area (Å²) in [5, 5.41) is 0. The van der Waals surface area contributed by atoms with E-state index in [1.165, 1.54) is 0 Å². The molecule has 9 aromatic rings. The maximum absolute atomic E-state index is 5.48. The summed E-state index contributed by atoms with van der Waals surface area (Å²) in [6.07, 6.45) is 10.3. The molecule has 0 saturated heterocycles. The summed E-state index contributed by atoms with van der Waals surface area (Å²) in [5.74, 6) is 0. The monoisotopic (exact) mass is 730 g/mol. The number of hydrogen-bond donors (Lipinski definition) is 3. The zero-order valence-electron chi connectivity index (χ0n) is 30.7. The number of imidazole rings is 1. The minimum Gasteiger partial charge on any atom is -0.354 e. The molecule has 0 unspecified atom stereocenters. The molecule has 6 heterocycles. The molecule has 5 aromatic carbocycles. The van der Waals surface area contributed by atoms with Crippen molar-refractivity contribution in [2.45, 2.75) is 0 Å². The van der Waals surface area contributed by atoms with Crippen molar-refractivity contribution < 1.29 is 0 Å². The molecule has 11 rings (SSSR count). The summed E-state index contributed by atoms with van der Waals surface area (Å²) >= 11 is 0. The lowest BCUT2D eigenvalue weighted by Gasteiger charge is -2.09. The van der Waals surface area contributed by atoms with Crippen LogP contribution < -0.4 is 0 Å². The Labute approximate surface area is 328 Å². The number of aromatic amines is 3. The van der Waals surface area contributed by atoms with E-state index >= 15 is 0 Å². The lowest BCUT2D eigenvalue weighted by Crippen LogP contribution is -1.89. The van der Waals surface area contributed by atoms with Crippen LogP contribution in [0.15, 0.2) is 164 Å². The van der Waals surface area contributed by atoms with Crippen LogP contribution in [0.1, 0.15) is 22.8 Å². The van der Waals surface area contributed by atoms with Crippen LogP contribution in [0.2, 0.25) is 0 Å². The van der Waals surface area contributed by atoms with E-state index in [1.54, 1.807) is 6.33 Å². The summed E-state index contributed by atoms with van der Waals surface area (Å²) in [6.45, 7) is 0. The molecule has 0 saturated carbocycles. The maximum Gasteiger partial charge on any atom is 0.0932 e. The van der Waals surface area contributed by atoms with E-state index in [9.17, 15) is 0 Å². The molecule has 0 fully saturated rings. The fourth-order valence-electron chi connectivity index (χ4n) is 8.24. The average Bonchev–Trinajstić information content (AvgIpc) is 4.12. The fourth-order valence-corrected chi connectivity index (χ4v) is 8.24. The van der Waals surface area contributed by atoms with E-state index in [2.05, 4.69) is 190 Å². The summed E-state index contributed by atoms with van der Waals surface area (Å²) in [6, 6.07) is 55.3. The first kappa shape index (κ1) is 32.6. The van der Waals surface area contributed by atoms with Crippen LogP contribution in [0.4, 0.5) is 0 Å².